The second-order valence-electron chi connectivity index (χ2n) is 4.82. The van der Waals surface area contributed by atoms with Crippen LogP contribution in [0.3, 0.4) is 0 Å². The first-order chi connectivity index (χ1) is 8.59. The van der Waals surface area contributed by atoms with E-state index in [0.717, 1.165) is 22.2 Å². The SMILES string of the molecule is CC(C(=O)O)c1ccc(N2CCCCC2)c(I)c1. The number of anilines is 1. The highest BCUT2D eigenvalue weighted by Gasteiger charge is 2.17. The van der Waals surface area contributed by atoms with E-state index in [-0.39, 0.29) is 0 Å². The van der Waals surface area contributed by atoms with Crippen molar-refractivity contribution >= 4 is 34.2 Å². The van der Waals surface area contributed by atoms with Gasteiger partial charge in [-0.05, 0) is 66.5 Å². The fourth-order valence-corrected chi connectivity index (χ4v) is 3.21. The second-order valence-corrected chi connectivity index (χ2v) is 5.98. The number of benzene rings is 1. The topological polar surface area (TPSA) is 40.5 Å². The minimum absolute atomic E-state index is 0.436. The number of rotatable bonds is 3. The smallest absolute Gasteiger partial charge is 0.310 e. The van der Waals surface area contributed by atoms with Gasteiger partial charge in [0.2, 0.25) is 0 Å². The Labute approximate surface area is 121 Å². The Hall–Kier alpha value is -0.780. The highest BCUT2D eigenvalue weighted by Crippen LogP contribution is 2.29. The molecule has 0 aromatic heterocycles. The van der Waals surface area contributed by atoms with Gasteiger partial charge in [-0.25, -0.2) is 0 Å². The van der Waals surface area contributed by atoms with Crippen LogP contribution in [0.5, 0.6) is 0 Å². The molecular weight excluding hydrogens is 341 g/mol. The number of halogens is 1. The lowest BCUT2D eigenvalue weighted by atomic mass is 10.0. The fourth-order valence-electron chi connectivity index (χ4n) is 2.33. The molecule has 1 saturated heterocycles. The molecule has 98 valence electrons. The van der Waals surface area contributed by atoms with Gasteiger partial charge in [0, 0.05) is 16.7 Å². The molecule has 18 heavy (non-hydrogen) atoms. The van der Waals surface area contributed by atoms with Gasteiger partial charge in [0.05, 0.1) is 11.6 Å². The van der Waals surface area contributed by atoms with Crippen molar-refractivity contribution in [1.82, 2.24) is 0 Å². The summed E-state index contributed by atoms with van der Waals surface area (Å²) < 4.78 is 1.15. The molecule has 1 unspecified atom stereocenters. The van der Waals surface area contributed by atoms with Gasteiger partial charge in [-0.1, -0.05) is 6.07 Å². The average Bonchev–Trinajstić information content (AvgIpc) is 2.38. The third-order valence-electron chi connectivity index (χ3n) is 3.54. The van der Waals surface area contributed by atoms with Gasteiger partial charge in [-0.3, -0.25) is 4.79 Å². The van der Waals surface area contributed by atoms with E-state index < -0.39 is 11.9 Å². The first kappa shape index (κ1) is 13.6. The van der Waals surface area contributed by atoms with E-state index in [1.165, 1.54) is 24.9 Å². The summed E-state index contributed by atoms with van der Waals surface area (Å²) in [4.78, 5) is 13.4. The van der Waals surface area contributed by atoms with Crippen LogP contribution in [-0.4, -0.2) is 24.2 Å². The highest BCUT2D eigenvalue weighted by atomic mass is 127. The third-order valence-corrected chi connectivity index (χ3v) is 4.40. The van der Waals surface area contributed by atoms with Crippen molar-refractivity contribution in [3.05, 3.63) is 27.3 Å². The van der Waals surface area contributed by atoms with Crippen LogP contribution in [0.1, 0.15) is 37.7 Å². The lowest BCUT2D eigenvalue weighted by molar-refractivity contribution is -0.138. The van der Waals surface area contributed by atoms with Crippen molar-refractivity contribution in [3.8, 4) is 0 Å². The standard InChI is InChI=1S/C14H18INO2/c1-10(14(17)18)11-5-6-13(12(15)9-11)16-7-3-2-4-8-16/h5-6,9-10H,2-4,7-8H2,1H3,(H,17,18). The molecule has 0 spiro atoms. The number of hydrogen-bond donors (Lipinski definition) is 1. The monoisotopic (exact) mass is 359 g/mol. The molecule has 2 rings (SSSR count). The van der Waals surface area contributed by atoms with Gasteiger partial charge in [0.1, 0.15) is 0 Å². The number of aliphatic carboxylic acids is 1. The van der Waals surface area contributed by atoms with Crippen LogP contribution in [0, 0.1) is 3.57 Å². The van der Waals surface area contributed by atoms with Gasteiger partial charge in [-0.2, -0.15) is 0 Å². The largest absolute Gasteiger partial charge is 0.481 e. The van der Waals surface area contributed by atoms with Gasteiger partial charge in [0.15, 0.2) is 0 Å². The van der Waals surface area contributed by atoms with E-state index in [0.29, 0.717) is 0 Å². The minimum atomic E-state index is -0.767. The predicted octanol–water partition coefficient (Wildman–Crippen LogP) is 3.47. The summed E-state index contributed by atoms with van der Waals surface area (Å²) in [6.45, 7) is 3.96. The van der Waals surface area contributed by atoms with Crippen LogP contribution >= 0.6 is 22.6 Å². The number of piperidine rings is 1. The van der Waals surface area contributed by atoms with E-state index in [9.17, 15) is 4.79 Å². The zero-order valence-electron chi connectivity index (χ0n) is 10.5. The summed E-state index contributed by atoms with van der Waals surface area (Å²) in [5.41, 5.74) is 2.13. The van der Waals surface area contributed by atoms with Crippen molar-refractivity contribution < 1.29 is 9.90 Å². The Morgan fingerprint density at radius 1 is 1.33 bits per heavy atom. The molecule has 1 aliphatic rings. The number of carboxylic acid groups (broad SMARTS) is 1. The number of hydrogen-bond acceptors (Lipinski definition) is 2. The molecule has 1 aliphatic heterocycles. The first-order valence-corrected chi connectivity index (χ1v) is 7.44. The summed E-state index contributed by atoms with van der Waals surface area (Å²) in [5.74, 6) is -1.20. The fraction of sp³-hybridized carbons (Fsp3) is 0.500. The molecule has 1 atom stereocenters. The summed E-state index contributed by atoms with van der Waals surface area (Å²) >= 11 is 2.31. The van der Waals surface area contributed by atoms with Crippen LogP contribution in [0.15, 0.2) is 18.2 Å². The molecule has 1 aromatic carbocycles. The molecule has 1 heterocycles. The van der Waals surface area contributed by atoms with Crippen molar-refractivity contribution in [1.29, 1.82) is 0 Å². The van der Waals surface area contributed by atoms with E-state index in [1.54, 1.807) is 6.92 Å². The van der Waals surface area contributed by atoms with Gasteiger partial charge >= 0.3 is 5.97 Å². The van der Waals surface area contributed by atoms with Crippen LogP contribution < -0.4 is 4.90 Å². The molecule has 1 N–H and O–H groups in total. The quantitative estimate of drug-likeness (QED) is 0.841. The number of carbonyl (C=O) groups is 1. The minimum Gasteiger partial charge on any atom is -0.481 e. The Morgan fingerprint density at radius 2 is 2.00 bits per heavy atom. The Bertz CT molecular complexity index is 441. The molecule has 0 radical (unpaired) electrons. The molecule has 0 saturated carbocycles. The summed E-state index contributed by atoms with van der Waals surface area (Å²) in [6.07, 6.45) is 3.83. The molecule has 1 fully saturated rings. The summed E-state index contributed by atoms with van der Waals surface area (Å²) in [7, 11) is 0. The Morgan fingerprint density at radius 3 is 2.56 bits per heavy atom. The van der Waals surface area contributed by atoms with Crippen LogP contribution in [0.4, 0.5) is 5.69 Å². The first-order valence-electron chi connectivity index (χ1n) is 6.37. The second kappa shape index (κ2) is 5.91. The maximum atomic E-state index is 11.0. The molecule has 1 aromatic rings. The van der Waals surface area contributed by atoms with Crippen LogP contribution in [0.25, 0.3) is 0 Å². The van der Waals surface area contributed by atoms with Crippen molar-refractivity contribution in [2.45, 2.75) is 32.1 Å². The molecule has 3 nitrogen and oxygen atoms in total. The molecule has 0 aliphatic carbocycles. The van der Waals surface area contributed by atoms with E-state index >= 15 is 0 Å². The lowest BCUT2D eigenvalue weighted by Crippen LogP contribution is -2.30. The van der Waals surface area contributed by atoms with E-state index in [2.05, 4.69) is 33.6 Å². The highest BCUT2D eigenvalue weighted by molar-refractivity contribution is 14.1. The average molecular weight is 359 g/mol. The van der Waals surface area contributed by atoms with E-state index in [1.807, 2.05) is 12.1 Å². The third kappa shape index (κ3) is 2.96. The normalized spacial score (nSPS) is 17.6. The maximum absolute atomic E-state index is 11.0. The number of nitrogens with zero attached hydrogens (tertiary/aromatic N) is 1. The zero-order valence-corrected chi connectivity index (χ0v) is 12.7. The number of carboxylic acids is 1. The van der Waals surface area contributed by atoms with E-state index in [4.69, 9.17) is 5.11 Å². The molecule has 0 amide bonds. The van der Waals surface area contributed by atoms with Crippen molar-refractivity contribution in [3.63, 3.8) is 0 Å². The lowest BCUT2D eigenvalue weighted by Gasteiger charge is -2.30. The van der Waals surface area contributed by atoms with Gasteiger partial charge in [-0.15, -0.1) is 0 Å². The predicted molar refractivity (Wildman–Crippen MR) is 81.3 cm³/mol. The summed E-state index contributed by atoms with van der Waals surface area (Å²) in [6, 6.07) is 6.02. The van der Waals surface area contributed by atoms with Crippen LogP contribution in [-0.2, 0) is 4.79 Å². The molecule has 4 heteroatoms. The molecular formula is C14H18INO2. The molecule has 0 bridgehead atoms. The maximum Gasteiger partial charge on any atom is 0.310 e. The Kier molecular flexibility index (Phi) is 4.48. The summed E-state index contributed by atoms with van der Waals surface area (Å²) in [5, 5.41) is 9.03. The Balaban J connectivity index is 2.21. The van der Waals surface area contributed by atoms with Gasteiger partial charge < -0.3 is 10.0 Å². The van der Waals surface area contributed by atoms with Crippen molar-refractivity contribution in [2.75, 3.05) is 18.0 Å². The zero-order chi connectivity index (χ0) is 13.1. The van der Waals surface area contributed by atoms with Crippen LogP contribution in [0.2, 0.25) is 0 Å². The van der Waals surface area contributed by atoms with Crippen molar-refractivity contribution in [2.24, 2.45) is 0 Å². The van der Waals surface area contributed by atoms with Gasteiger partial charge in [0.25, 0.3) is 0 Å².